The molecular formula is C24H16Cl4OS. The van der Waals surface area contributed by atoms with Crippen molar-refractivity contribution in [3.8, 4) is 22.3 Å². The van der Waals surface area contributed by atoms with Gasteiger partial charge in [-0.25, -0.2) is 0 Å². The van der Waals surface area contributed by atoms with E-state index in [1.54, 1.807) is 0 Å². The average Bonchev–Trinajstić information content (AvgIpc) is 2.78. The van der Waals surface area contributed by atoms with Gasteiger partial charge in [-0.15, -0.1) is 0 Å². The van der Waals surface area contributed by atoms with Crippen LogP contribution in [0.15, 0.2) is 97.1 Å². The second-order valence-corrected chi connectivity index (χ2v) is 7.77. The molecule has 0 amide bonds. The van der Waals surface area contributed by atoms with Crippen molar-refractivity contribution in [2.75, 3.05) is 0 Å². The third kappa shape index (κ3) is 7.71. The lowest BCUT2D eigenvalue weighted by Gasteiger charge is -2.01. The van der Waals surface area contributed by atoms with Crippen LogP contribution in [0.3, 0.4) is 0 Å². The Morgan fingerprint density at radius 2 is 0.467 bits per heavy atom. The van der Waals surface area contributed by atoms with Crippen molar-refractivity contribution in [3.63, 3.8) is 0 Å². The second kappa shape index (κ2) is 12.7. The summed E-state index contributed by atoms with van der Waals surface area (Å²) in [6.45, 7) is 0. The van der Waals surface area contributed by atoms with Crippen LogP contribution in [0.2, 0.25) is 20.1 Å². The van der Waals surface area contributed by atoms with Crippen molar-refractivity contribution >= 4 is 58.9 Å². The number of rotatable bonds is 2. The average molecular weight is 494 g/mol. The minimum atomic E-state index is 0.753. The lowest BCUT2D eigenvalue weighted by Crippen LogP contribution is -1.76. The van der Waals surface area contributed by atoms with Gasteiger partial charge in [0.05, 0.1) is 0 Å². The molecule has 0 spiro atoms. The molecule has 0 aliphatic heterocycles. The summed E-state index contributed by atoms with van der Waals surface area (Å²) in [5, 5.41) is 3.01. The molecule has 152 valence electrons. The Bertz CT molecular complexity index is 859. The lowest BCUT2D eigenvalue weighted by molar-refractivity contribution is 0.702. The molecule has 0 unspecified atom stereocenters. The molecule has 0 saturated carbocycles. The van der Waals surface area contributed by atoms with Crippen LogP contribution in [0.1, 0.15) is 0 Å². The van der Waals surface area contributed by atoms with Crippen molar-refractivity contribution in [2.24, 2.45) is 0 Å². The maximum atomic E-state index is 7.83. The Morgan fingerprint density at radius 3 is 0.600 bits per heavy atom. The molecule has 0 N–H and O–H groups in total. The van der Waals surface area contributed by atoms with Crippen LogP contribution in [-0.4, -0.2) is 4.21 Å². The first-order chi connectivity index (χ1) is 14.5. The van der Waals surface area contributed by atoms with E-state index >= 15 is 0 Å². The third-order valence-corrected chi connectivity index (χ3v) is 5.05. The molecule has 4 aromatic rings. The molecule has 0 aliphatic carbocycles. The fourth-order valence-electron chi connectivity index (χ4n) is 2.57. The summed E-state index contributed by atoms with van der Waals surface area (Å²) in [6.07, 6.45) is 0. The van der Waals surface area contributed by atoms with E-state index in [1.165, 1.54) is 0 Å². The predicted octanol–water partition coefficient (Wildman–Crippen LogP) is 8.98. The molecule has 4 rings (SSSR count). The summed E-state index contributed by atoms with van der Waals surface area (Å²) in [6, 6.07) is 31.0. The molecule has 0 radical (unpaired) electrons. The van der Waals surface area contributed by atoms with E-state index < -0.39 is 0 Å². The highest BCUT2D eigenvalue weighted by Crippen LogP contribution is 2.24. The Morgan fingerprint density at radius 1 is 0.333 bits per heavy atom. The maximum Gasteiger partial charge on any atom is 0.197 e. The van der Waals surface area contributed by atoms with Crippen LogP contribution in [0.4, 0.5) is 0 Å². The zero-order valence-electron chi connectivity index (χ0n) is 15.6. The molecule has 0 bridgehead atoms. The van der Waals surface area contributed by atoms with E-state index in [2.05, 4.69) is 12.5 Å². The first-order valence-corrected chi connectivity index (χ1v) is 10.6. The Balaban J connectivity index is 0.000000197. The first-order valence-electron chi connectivity index (χ1n) is 8.71. The largest absolute Gasteiger partial charge is 0.197 e. The zero-order chi connectivity index (χ0) is 21.9. The van der Waals surface area contributed by atoms with Crippen LogP contribution in [-0.2, 0) is 12.5 Å². The SMILES string of the molecule is Clc1ccc(-c2ccc(Cl)cc2)cc1.Clc1ccc(-c2ccc(Cl)cc2)cc1.O=S. The van der Waals surface area contributed by atoms with Gasteiger partial charge in [-0.3, -0.25) is 0 Å². The second-order valence-electron chi connectivity index (χ2n) is 6.03. The molecule has 0 aliphatic rings. The number of halogens is 4. The molecule has 0 heterocycles. The van der Waals surface area contributed by atoms with Crippen LogP contribution < -0.4 is 0 Å². The molecule has 0 aromatic heterocycles. The Labute approximate surface area is 201 Å². The van der Waals surface area contributed by atoms with Crippen molar-refractivity contribution in [2.45, 2.75) is 0 Å². The lowest BCUT2D eigenvalue weighted by atomic mass is 10.1. The van der Waals surface area contributed by atoms with Crippen molar-refractivity contribution in [1.29, 1.82) is 0 Å². The van der Waals surface area contributed by atoms with Crippen LogP contribution >= 0.6 is 46.4 Å². The van der Waals surface area contributed by atoms with Gasteiger partial charge in [0.1, 0.15) is 0 Å². The van der Waals surface area contributed by atoms with E-state index in [-0.39, 0.29) is 0 Å². The van der Waals surface area contributed by atoms with Gasteiger partial charge < -0.3 is 0 Å². The maximum absolute atomic E-state index is 7.83. The van der Waals surface area contributed by atoms with E-state index in [1.807, 2.05) is 97.1 Å². The van der Waals surface area contributed by atoms with Gasteiger partial charge in [0, 0.05) is 20.1 Å². The molecule has 0 atom stereocenters. The molecule has 6 heteroatoms. The van der Waals surface area contributed by atoms with Crippen molar-refractivity contribution < 1.29 is 4.21 Å². The highest BCUT2D eigenvalue weighted by molar-refractivity contribution is 7.44. The van der Waals surface area contributed by atoms with Gasteiger partial charge >= 0.3 is 0 Å². The summed E-state index contributed by atoms with van der Waals surface area (Å²) in [4.78, 5) is 0. The molecule has 4 aromatic carbocycles. The number of benzene rings is 4. The highest BCUT2D eigenvalue weighted by atomic mass is 35.5. The molecule has 0 saturated heterocycles. The van der Waals surface area contributed by atoms with Gasteiger partial charge in [0.2, 0.25) is 0 Å². The minimum Gasteiger partial charge on any atom is -0.197 e. The summed E-state index contributed by atoms with van der Waals surface area (Å²) in [5.74, 6) is 0. The van der Waals surface area contributed by atoms with Crippen molar-refractivity contribution in [3.05, 3.63) is 117 Å². The molecule has 0 fully saturated rings. The quantitative estimate of drug-likeness (QED) is 0.277. The van der Waals surface area contributed by atoms with E-state index in [0.717, 1.165) is 42.3 Å². The van der Waals surface area contributed by atoms with Crippen LogP contribution in [0, 0.1) is 0 Å². The normalized spacial score (nSPS) is 9.60. The molecular weight excluding hydrogens is 478 g/mol. The van der Waals surface area contributed by atoms with E-state index in [0.29, 0.717) is 0 Å². The van der Waals surface area contributed by atoms with Gasteiger partial charge in [-0.05, 0) is 70.8 Å². The van der Waals surface area contributed by atoms with E-state index in [4.69, 9.17) is 50.6 Å². The van der Waals surface area contributed by atoms with Crippen LogP contribution in [0.5, 0.6) is 0 Å². The van der Waals surface area contributed by atoms with Crippen LogP contribution in [0.25, 0.3) is 22.3 Å². The van der Waals surface area contributed by atoms with Gasteiger partial charge in [-0.1, -0.05) is 94.9 Å². The summed E-state index contributed by atoms with van der Waals surface area (Å²) in [7, 11) is 0. The smallest absolute Gasteiger partial charge is 0.197 e. The first kappa shape index (κ1) is 24.3. The Hall–Kier alpha value is -1.94. The standard InChI is InChI=1S/2C12H8Cl2.OS/c2*13-11-5-1-9(2-6-11)10-3-7-12(14)8-4-10;1-2/h2*1-8H;. The summed E-state index contributed by atoms with van der Waals surface area (Å²) >= 11 is 26.0. The van der Waals surface area contributed by atoms with E-state index in [9.17, 15) is 0 Å². The number of hydrogen-bond acceptors (Lipinski definition) is 2. The zero-order valence-corrected chi connectivity index (χ0v) is 19.4. The van der Waals surface area contributed by atoms with Gasteiger partial charge in [0.15, 0.2) is 12.5 Å². The highest BCUT2D eigenvalue weighted by Gasteiger charge is 1.97. The molecule has 1 nitrogen and oxygen atoms in total. The number of hydrogen-bond donors (Lipinski definition) is 0. The van der Waals surface area contributed by atoms with Crippen molar-refractivity contribution in [1.82, 2.24) is 0 Å². The van der Waals surface area contributed by atoms with Gasteiger partial charge in [0.25, 0.3) is 0 Å². The summed E-state index contributed by atoms with van der Waals surface area (Å²) in [5.41, 5.74) is 4.58. The monoisotopic (exact) mass is 492 g/mol. The predicted molar refractivity (Wildman–Crippen MR) is 132 cm³/mol. The topological polar surface area (TPSA) is 17.1 Å². The third-order valence-electron chi connectivity index (χ3n) is 4.04. The molecule has 30 heavy (non-hydrogen) atoms. The van der Waals surface area contributed by atoms with Gasteiger partial charge in [-0.2, -0.15) is 4.21 Å². The minimum absolute atomic E-state index is 0.753. The summed E-state index contributed by atoms with van der Waals surface area (Å²) < 4.78 is 7.83. The fraction of sp³-hybridized carbons (Fsp3) is 0. The fourth-order valence-corrected chi connectivity index (χ4v) is 3.07. The Kier molecular flexibility index (Phi) is 10.3.